The zero-order valence-corrected chi connectivity index (χ0v) is 10.9. The van der Waals surface area contributed by atoms with Gasteiger partial charge in [-0.15, -0.1) is 0 Å². The summed E-state index contributed by atoms with van der Waals surface area (Å²) in [7, 11) is 1.52. The van der Waals surface area contributed by atoms with Gasteiger partial charge in [0, 0.05) is 19.3 Å². The van der Waals surface area contributed by atoms with E-state index < -0.39 is 0 Å². The molecule has 1 aromatic carbocycles. The van der Waals surface area contributed by atoms with Gasteiger partial charge in [0.1, 0.15) is 0 Å². The maximum atomic E-state index is 11.7. The van der Waals surface area contributed by atoms with Crippen molar-refractivity contribution in [2.45, 2.75) is 18.9 Å². The topological polar surface area (TPSA) is 107 Å². The zero-order chi connectivity index (χ0) is 14.3. The minimum absolute atomic E-state index is 0.167. The molecule has 0 saturated carbocycles. The van der Waals surface area contributed by atoms with E-state index in [1.165, 1.54) is 7.11 Å². The van der Waals surface area contributed by atoms with Crippen LogP contribution in [-0.4, -0.2) is 31.6 Å². The Morgan fingerprint density at radius 1 is 1.32 bits per heavy atom. The second-order valence-corrected chi connectivity index (χ2v) is 4.19. The van der Waals surface area contributed by atoms with E-state index >= 15 is 0 Å². The van der Waals surface area contributed by atoms with Crippen molar-refractivity contribution in [3.8, 4) is 0 Å². The number of hydrogen-bond donors (Lipinski definition) is 3. The highest BCUT2D eigenvalue weighted by Gasteiger charge is 2.11. The standard InChI is InChI=1S/C13H19N3O3/c1-19-11(8-14)7-13(18)16-10-4-2-9(3-5-10)6-12(15)17/h2-5,11H,6-8,14H2,1H3,(H2,15,17)(H,16,18). The summed E-state index contributed by atoms with van der Waals surface area (Å²) in [6.07, 6.45) is 0.109. The van der Waals surface area contributed by atoms with Crippen molar-refractivity contribution in [3.63, 3.8) is 0 Å². The molecule has 1 rings (SSSR count). The van der Waals surface area contributed by atoms with Gasteiger partial charge in [-0.2, -0.15) is 0 Å². The molecule has 0 bridgehead atoms. The van der Waals surface area contributed by atoms with Crippen LogP contribution in [0.2, 0.25) is 0 Å². The summed E-state index contributed by atoms with van der Waals surface area (Å²) in [5, 5.41) is 2.73. The summed E-state index contributed by atoms with van der Waals surface area (Å²) in [6.45, 7) is 0.293. The van der Waals surface area contributed by atoms with Gasteiger partial charge in [-0.3, -0.25) is 9.59 Å². The van der Waals surface area contributed by atoms with E-state index in [1.807, 2.05) is 0 Å². The van der Waals surface area contributed by atoms with E-state index in [-0.39, 0.29) is 30.8 Å². The van der Waals surface area contributed by atoms with Crippen LogP contribution in [0.5, 0.6) is 0 Å². The lowest BCUT2D eigenvalue weighted by atomic mass is 10.1. The van der Waals surface area contributed by atoms with Gasteiger partial charge in [-0.25, -0.2) is 0 Å². The molecule has 0 aliphatic heterocycles. The summed E-state index contributed by atoms with van der Waals surface area (Å²) in [5.41, 5.74) is 12.0. The van der Waals surface area contributed by atoms with Crippen molar-refractivity contribution in [1.82, 2.24) is 0 Å². The third-order valence-corrected chi connectivity index (χ3v) is 2.63. The second kappa shape index (κ2) is 7.50. The Morgan fingerprint density at radius 2 is 1.95 bits per heavy atom. The van der Waals surface area contributed by atoms with Crippen LogP contribution >= 0.6 is 0 Å². The molecular weight excluding hydrogens is 246 g/mol. The van der Waals surface area contributed by atoms with Crippen LogP contribution in [-0.2, 0) is 20.7 Å². The average Bonchev–Trinajstić information content (AvgIpc) is 2.37. The number of benzene rings is 1. The van der Waals surface area contributed by atoms with Gasteiger partial charge >= 0.3 is 0 Å². The Labute approximate surface area is 112 Å². The molecule has 0 aromatic heterocycles. The monoisotopic (exact) mass is 265 g/mol. The number of carbonyl (C=O) groups excluding carboxylic acids is 2. The Bertz CT molecular complexity index is 427. The minimum Gasteiger partial charge on any atom is -0.380 e. The molecule has 0 aliphatic rings. The van der Waals surface area contributed by atoms with Crippen LogP contribution in [0.1, 0.15) is 12.0 Å². The quantitative estimate of drug-likeness (QED) is 0.645. The first-order chi connectivity index (χ1) is 9.05. The highest BCUT2D eigenvalue weighted by atomic mass is 16.5. The molecule has 0 heterocycles. The number of nitrogens with one attached hydrogen (secondary N) is 1. The van der Waals surface area contributed by atoms with Gasteiger partial charge in [0.2, 0.25) is 11.8 Å². The highest BCUT2D eigenvalue weighted by molar-refractivity contribution is 5.91. The Kier molecular flexibility index (Phi) is 5.98. The predicted octanol–water partition coefficient (Wildman–Crippen LogP) is 0.0167. The van der Waals surface area contributed by atoms with E-state index in [0.29, 0.717) is 12.2 Å². The second-order valence-electron chi connectivity index (χ2n) is 4.19. The third kappa shape index (κ3) is 5.50. The first-order valence-corrected chi connectivity index (χ1v) is 5.95. The molecule has 0 fully saturated rings. The van der Waals surface area contributed by atoms with Gasteiger partial charge < -0.3 is 21.5 Å². The molecule has 0 radical (unpaired) electrons. The number of primary amides is 1. The molecule has 1 atom stereocenters. The van der Waals surface area contributed by atoms with E-state index in [0.717, 1.165) is 5.56 Å². The lowest BCUT2D eigenvalue weighted by Gasteiger charge is -2.12. The third-order valence-electron chi connectivity index (χ3n) is 2.63. The van der Waals surface area contributed by atoms with Gasteiger partial charge in [-0.05, 0) is 17.7 Å². The van der Waals surface area contributed by atoms with Crippen molar-refractivity contribution >= 4 is 17.5 Å². The Balaban J connectivity index is 2.53. The molecule has 5 N–H and O–H groups in total. The number of ether oxygens (including phenoxy) is 1. The summed E-state index contributed by atoms with van der Waals surface area (Å²) in [4.78, 5) is 22.4. The van der Waals surface area contributed by atoms with Crippen molar-refractivity contribution in [1.29, 1.82) is 0 Å². The fraction of sp³-hybridized carbons (Fsp3) is 0.385. The predicted molar refractivity (Wildman–Crippen MR) is 72.4 cm³/mol. The zero-order valence-electron chi connectivity index (χ0n) is 10.9. The van der Waals surface area contributed by atoms with Crippen LogP contribution in [0.15, 0.2) is 24.3 Å². The molecule has 6 nitrogen and oxygen atoms in total. The molecule has 1 aromatic rings. The normalized spacial score (nSPS) is 11.9. The smallest absolute Gasteiger partial charge is 0.227 e. The van der Waals surface area contributed by atoms with Crippen molar-refractivity contribution < 1.29 is 14.3 Å². The molecule has 104 valence electrons. The Morgan fingerprint density at radius 3 is 2.42 bits per heavy atom. The number of hydrogen-bond acceptors (Lipinski definition) is 4. The number of rotatable bonds is 7. The van der Waals surface area contributed by atoms with E-state index in [4.69, 9.17) is 16.2 Å². The van der Waals surface area contributed by atoms with Gasteiger partial charge in [0.25, 0.3) is 0 Å². The van der Waals surface area contributed by atoms with E-state index in [9.17, 15) is 9.59 Å². The fourth-order valence-corrected chi connectivity index (χ4v) is 1.59. The number of amides is 2. The molecule has 19 heavy (non-hydrogen) atoms. The molecule has 6 heteroatoms. The van der Waals surface area contributed by atoms with Crippen LogP contribution in [0.25, 0.3) is 0 Å². The molecule has 1 unspecified atom stereocenters. The van der Waals surface area contributed by atoms with E-state index in [2.05, 4.69) is 5.32 Å². The largest absolute Gasteiger partial charge is 0.380 e. The number of carbonyl (C=O) groups is 2. The summed E-state index contributed by atoms with van der Waals surface area (Å²) in [5.74, 6) is -0.553. The van der Waals surface area contributed by atoms with Crippen LogP contribution < -0.4 is 16.8 Å². The summed E-state index contributed by atoms with van der Waals surface area (Å²) in [6, 6.07) is 6.94. The van der Waals surface area contributed by atoms with Crippen molar-refractivity contribution in [2.75, 3.05) is 19.0 Å². The van der Waals surface area contributed by atoms with Crippen LogP contribution in [0.4, 0.5) is 5.69 Å². The molecular formula is C13H19N3O3. The lowest BCUT2D eigenvalue weighted by molar-refractivity contribution is -0.118. The molecule has 2 amide bonds. The number of methoxy groups -OCH3 is 1. The van der Waals surface area contributed by atoms with Gasteiger partial charge in [0.15, 0.2) is 0 Å². The summed E-state index contributed by atoms with van der Waals surface area (Å²) < 4.78 is 5.03. The first-order valence-electron chi connectivity index (χ1n) is 5.95. The maximum absolute atomic E-state index is 11.7. The lowest BCUT2D eigenvalue weighted by Crippen LogP contribution is -2.28. The molecule has 0 saturated heterocycles. The van der Waals surface area contributed by atoms with E-state index in [1.54, 1.807) is 24.3 Å². The van der Waals surface area contributed by atoms with Gasteiger partial charge in [-0.1, -0.05) is 12.1 Å². The maximum Gasteiger partial charge on any atom is 0.227 e. The minimum atomic E-state index is -0.386. The average molecular weight is 265 g/mol. The van der Waals surface area contributed by atoms with Gasteiger partial charge in [0.05, 0.1) is 18.9 Å². The van der Waals surface area contributed by atoms with Crippen LogP contribution in [0.3, 0.4) is 0 Å². The van der Waals surface area contributed by atoms with Crippen molar-refractivity contribution in [3.05, 3.63) is 29.8 Å². The van der Waals surface area contributed by atoms with Crippen molar-refractivity contribution in [2.24, 2.45) is 11.5 Å². The van der Waals surface area contributed by atoms with Crippen LogP contribution in [0, 0.1) is 0 Å². The number of nitrogens with two attached hydrogens (primary N) is 2. The SMILES string of the molecule is COC(CN)CC(=O)Nc1ccc(CC(N)=O)cc1. The summed E-state index contributed by atoms with van der Waals surface area (Å²) >= 11 is 0. The molecule has 0 aliphatic carbocycles. The Hall–Kier alpha value is -1.92. The first kappa shape index (κ1) is 15.1. The number of anilines is 1. The highest BCUT2D eigenvalue weighted by Crippen LogP contribution is 2.11. The molecule has 0 spiro atoms. The fourth-order valence-electron chi connectivity index (χ4n) is 1.59.